The Labute approximate surface area is 110 Å². The van der Waals surface area contributed by atoms with Crippen molar-refractivity contribution >= 4 is 5.82 Å². The van der Waals surface area contributed by atoms with Crippen molar-refractivity contribution in [3.8, 4) is 0 Å². The van der Waals surface area contributed by atoms with E-state index in [4.69, 9.17) is 0 Å². The number of hydrogen-bond acceptors (Lipinski definition) is 3. The molecule has 0 unspecified atom stereocenters. The zero-order chi connectivity index (χ0) is 13.7. The molecule has 1 aromatic heterocycles. The van der Waals surface area contributed by atoms with E-state index in [1.807, 2.05) is 6.92 Å². The van der Waals surface area contributed by atoms with Gasteiger partial charge in [-0.25, -0.2) is 9.37 Å². The maximum atomic E-state index is 13.4. The minimum atomic E-state index is -0.211. The van der Waals surface area contributed by atoms with Crippen LogP contribution in [0.1, 0.15) is 18.3 Å². The Morgan fingerprint density at radius 1 is 1.37 bits per heavy atom. The van der Waals surface area contributed by atoms with E-state index in [-0.39, 0.29) is 11.4 Å². The summed E-state index contributed by atoms with van der Waals surface area (Å²) < 4.78 is 13.4. The van der Waals surface area contributed by atoms with Gasteiger partial charge in [0.2, 0.25) is 0 Å². The number of H-pyrrole nitrogens is 1. The molecule has 2 rings (SSSR count). The Kier molecular flexibility index (Phi) is 4.28. The molecular weight excluding hydrogens is 245 g/mol. The number of halogens is 1. The molecule has 0 fully saturated rings. The quantitative estimate of drug-likeness (QED) is 0.866. The van der Waals surface area contributed by atoms with Crippen LogP contribution in [0.2, 0.25) is 0 Å². The summed E-state index contributed by atoms with van der Waals surface area (Å²) in [6, 6.07) is 8.06. The van der Waals surface area contributed by atoms with Crippen LogP contribution in [-0.4, -0.2) is 16.5 Å². The van der Waals surface area contributed by atoms with E-state index in [1.54, 1.807) is 18.2 Å². The molecule has 0 saturated carbocycles. The molecule has 0 spiro atoms. The fourth-order valence-corrected chi connectivity index (χ4v) is 1.79. The predicted molar refractivity (Wildman–Crippen MR) is 72.8 cm³/mol. The molecule has 0 atom stereocenters. The number of aromatic nitrogens is 2. The first-order chi connectivity index (χ1) is 9.19. The third-order valence-electron chi connectivity index (χ3n) is 2.78. The van der Waals surface area contributed by atoms with E-state index in [2.05, 4.69) is 15.3 Å². The Morgan fingerprint density at radius 2 is 2.16 bits per heavy atom. The largest absolute Gasteiger partial charge is 0.370 e. The minimum absolute atomic E-state index is 0.180. The molecule has 2 N–H and O–H groups in total. The molecule has 19 heavy (non-hydrogen) atoms. The number of rotatable bonds is 5. The lowest BCUT2D eigenvalue weighted by Gasteiger charge is -2.07. The third kappa shape index (κ3) is 3.64. The standard InChI is InChI=1S/C14H16FN3O/c1-2-12-17-13(9-14(19)18-12)16-8-7-10-5-3-4-6-11(10)15/h3-6,9H,2,7-8H2,1H3,(H2,16,17,18,19). The summed E-state index contributed by atoms with van der Waals surface area (Å²) in [6.07, 6.45) is 1.21. The fourth-order valence-electron chi connectivity index (χ4n) is 1.79. The molecule has 0 radical (unpaired) electrons. The van der Waals surface area contributed by atoms with Crippen LogP contribution in [0.3, 0.4) is 0 Å². The van der Waals surface area contributed by atoms with Crippen LogP contribution in [-0.2, 0) is 12.8 Å². The van der Waals surface area contributed by atoms with Gasteiger partial charge in [0.25, 0.3) is 5.56 Å². The molecule has 0 saturated heterocycles. The van der Waals surface area contributed by atoms with Crippen molar-refractivity contribution in [3.05, 3.63) is 57.9 Å². The minimum Gasteiger partial charge on any atom is -0.370 e. The van der Waals surface area contributed by atoms with Crippen molar-refractivity contribution in [2.75, 3.05) is 11.9 Å². The van der Waals surface area contributed by atoms with Crippen molar-refractivity contribution in [2.24, 2.45) is 0 Å². The lowest BCUT2D eigenvalue weighted by atomic mass is 10.1. The maximum absolute atomic E-state index is 13.4. The lowest BCUT2D eigenvalue weighted by Crippen LogP contribution is -2.15. The van der Waals surface area contributed by atoms with Crippen LogP contribution in [0.15, 0.2) is 35.1 Å². The first kappa shape index (κ1) is 13.3. The van der Waals surface area contributed by atoms with E-state index in [9.17, 15) is 9.18 Å². The Morgan fingerprint density at radius 3 is 2.89 bits per heavy atom. The highest BCUT2D eigenvalue weighted by Crippen LogP contribution is 2.07. The molecular formula is C14H16FN3O. The van der Waals surface area contributed by atoms with E-state index in [0.717, 1.165) is 0 Å². The number of nitrogens with zero attached hydrogens (tertiary/aromatic N) is 1. The summed E-state index contributed by atoms with van der Waals surface area (Å²) in [5, 5.41) is 3.04. The molecule has 1 aromatic carbocycles. The first-order valence-corrected chi connectivity index (χ1v) is 6.26. The highest BCUT2D eigenvalue weighted by molar-refractivity contribution is 5.33. The molecule has 4 nitrogen and oxygen atoms in total. The molecule has 2 aromatic rings. The number of hydrogen-bond donors (Lipinski definition) is 2. The molecule has 5 heteroatoms. The normalized spacial score (nSPS) is 10.4. The molecule has 0 aliphatic rings. The van der Waals surface area contributed by atoms with E-state index in [1.165, 1.54) is 12.1 Å². The smallest absolute Gasteiger partial charge is 0.252 e. The SMILES string of the molecule is CCc1nc(NCCc2ccccc2F)cc(=O)[nH]1. The van der Waals surface area contributed by atoms with Gasteiger partial charge in [-0.2, -0.15) is 0 Å². The van der Waals surface area contributed by atoms with Crippen molar-refractivity contribution < 1.29 is 4.39 Å². The highest BCUT2D eigenvalue weighted by Gasteiger charge is 2.02. The summed E-state index contributed by atoms with van der Waals surface area (Å²) >= 11 is 0. The maximum Gasteiger partial charge on any atom is 0.252 e. The van der Waals surface area contributed by atoms with Crippen LogP contribution in [0, 0.1) is 5.82 Å². The first-order valence-electron chi connectivity index (χ1n) is 6.26. The molecule has 0 aliphatic heterocycles. The van der Waals surface area contributed by atoms with Gasteiger partial charge < -0.3 is 10.3 Å². The molecule has 0 aliphatic carbocycles. The molecule has 1 heterocycles. The van der Waals surface area contributed by atoms with Gasteiger partial charge in [-0.3, -0.25) is 4.79 Å². The molecule has 0 bridgehead atoms. The topological polar surface area (TPSA) is 57.8 Å². The van der Waals surface area contributed by atoms with Crippen LogP contribution < -0.4 is 10.9 Å². The second-order valence-electron chi connectivity index (χ2n) is 4.20. The second kappa shape index (κ2) is 6.13. The van der Waals surface area contributed by atoms with Crippen molar-refractivity contribution in [1.82, 2.24) is 9.97 Å². The van der Waals surface area contributed by atoms with Crippen LogP contribution in [0.5, 0.6) is 0 Å². The summed E-state index contributed by atoms with van der Waals surface area (Å²) in [6.45, 7) is 2.45. The lowest BCUT2D eigenvalue weighted by molar-refractivity contribution is 0.610. The second-order valence-corrected chi connectivity index (χ2v) is 4.20. The fraction of sp³-hybridized carbons (Fsp3) is 0.286. The van der Waals surface area contributed by atoms with E-state index >= 15 is 0 Å². The van der Waals surface area contributed by atoms with E-state index < -0.39 is 0 Å². The zero-order valence-corrected chi connectivity index (χ0v) is 10.7. The Hall–Kier alpha value is -2.17. The average molecular weight is 261 g/mol. The summed E-state index contributed by atoms with van der Waals surface area (Å²) in [5.74, 6) is 0.954. The van der Waals surface area contributed by atoms with Crippen molar-refractivity contribution in [1.29, 1.82) is 0 Å². The van der Waals surface area contributed by atoms with Crippen LogP contribution in [0.4, 0.5) is 10.2 Å². The number of benzene rings is 1. The van der Waals surface area contributed by atoms with Gasteiger partial charge in [-0.05, 0) is 18.1 Å². The average Bonchev–Trinajstić information content (AvgIpc) is 2.40. The van der Waals surface area contributed by atoms with Gasteiger partial charge in [0.15, 0.2) is 0 Å². The number of aromatic amines is 1. The van der Waals surface area contributed by atoms with Gasteiger partial charge in [-0.1, -0.05) is 25.1 Å². The van der Waals surface area contributed by atoms with Gasteiger partial charge in [0.1, 0.15) is 17.5 Å². The van der Waals surface area contributed by atoms with Crippen LogP contribution in [0.25, 0.3) is 0 Å². The summed E-state index contributed by atoms with van der Waals surface area (Å²) in [5.41, 5.74) is 0.468. The van der Waals surface area contributed by atoms with Gasteiger partial charge in [0.05, 0.1) is 0 Å². The predicted octanol–water partition coefficient (Wildman–Crippen LogP) is 2.13. The van der Waals surface area contributed by atoms with Gasteiger partial charge >= 0.3 is 0 Å². The monoisotopic (exact) mass is 261 g/mol. The van der Waals surface area contributed by atoms with Crippen molar-refractivity contribution in [3.63, 3.8) is 0 Å². The molecule has 100 valence electrons. The van der Waals surface area contributed by atoms with Crippen LogP contribution >= 0.6 is 0 Å². The van der Waals surface area contributed by atoms with Crippen molar-refractivity contribution in [2.45, 2.75) is 19.8 Å². The highest BCUT2D eigenvalue weighted by atomic mass is 19.1. The number of aryl methyl sites for hydroxylation is 1. The molecule has 0 amide bonds. The van der Waals surface area contributed by atoms with E-state index in [0.29, 0.717) is 36.6 Å². The third-order valence-corrected chi connectivity index (χ3v) is 2.78. The summed E-state index contributed by atoms with van der Waals surface area (Å²) in [7, 11) is 0. The Bertz CT molecular complexity index is 610. The number of nitrogens with one attached hydrogen (secondary N) is 2. The zero-order valence-electron chi connectivity index (χ0n) is 10.7. The Balaban J connectivity index is 1.98. The van der Waals surface area contributed by atoms with Gasteiger partial charge in [-0.15, -0.1) is 0 Å². The number of anilines is 1. The van der Waals surface area contributed by atoms with Gasteiger partial charge in [0, 0.05) is 19.0 Å². The summed E-state index contributed by atoms with van der Waals surface area (Å²) in [4.78, 5) is 18.3.